The van der Waals surface area contributed by atoms with Crippen molar-refractivity contribution in [2.24, 2.45) is 0 Å². The first-order chi connectivity index (χ1) is 10.0. The highest BCUT2D eigenvalue weighted by atomic mass is 19.1. The fraction of sp³-hybridized carbons (Fsp3) is 0.600. The van der Waals surface area contributed by atoms with Gasteiger partial charge in [-0.3, -0.25) is 10.1 Å². The van der Waals surface area contributed by atoms with Gasteiger partial charge < -0.3 is 10.2 Å². The molecule has 0 amide bonds. The fourth-order valence-electron chi connectivity index (χ4n) is 3.51. The Balaban J connectivity index is 1.78. The largest absolute Gasteiger partial charge is 0.377 e. The zero-order valence-electron chi connectivity index (χ0n) is 12.1. The lowest BCUT2D eigenvalue weighted by atomic mass is 9.97. The van der Waals surface area contributed by atoms with E-state index < -0.39 is 10.7 Å². The Morgan fingerprint density at radius 3 is 2.95 bits per heavy atom. The maximum absolute atomic E-state index is 13.5. The molecule has 0 saturated carbocycles. The summed E-state index contributed by atoms with van der Waals surface area (Å²) in [7, 11) is 0. The number of rotatable bonds is 3. The molecular weight excluding hydrogens is 273 g/mol. The molecule has 6 heteroatoms. The van der Waals surface area contributed by atoms with Crippen LogP contribution in [0.15, 0.2) is 12.1 Å². The lowest BCUT2D eigenvalue weighted by molar-refractivity contribution is -0.384. The van der Waals surface area contributed by atoms with Crippen LogP contribution in [0.5, 0.6) is 0 Å². The standard InChI is InChI=1S/C15H20FN3O2/c1-10-7-14(15(19(20)21)9-13(10)16)17-11-4-6-18-5-2-3-12(18)8-11/h7,9,11-12,17H,2-6,8H2,1H3. The molecule has 2 fully saturated rings. The van der Waals surface area contributed by atoms with Crippen LogP contribution in [0.25, 0.3) is 0 Å². The Kier molecular flexibility index (Phi) is 3.80. The minimum absolute atomic E-state index is 0.174. The summed E-state index contributed by atoms with van der Waals surface area (Å²) in [4.78, 5) is 13.1. The predicted molar refractivity (Wildman–Crippen MR) is 79.0 cm³/mol. The van der Waals surface area contributed by atoms with E-state index in [-0.39, 0.29) is 11.7 Å². The number of fused-ring (bicyclic) bond motifs is 1. The van der Waals surface area contributed by atoms with Gasteiger partial charge in [-0.1, -0.05) is 0 Å². The van der Waals surface area contributed by atoms with E-state index >= 15 is 0 Å². The van der Waals surface area contributed by atoms with Crippen molar-refractivity contribution in [1.29, 1.82) is 0 Å². The molecule has 1 aromatic rings. The Morgan fingerprint density at radius 2 is 2.19 bits per heavy atom. The summed E-state index contributed by atoms with van der Waals surface area (Å²) in [5.74, 6) is -0.530. The zero-order valence-corrected chi connectivity index (χ0v) is 12.1. The van der Waals surface area contributed by atoms with E-state index in [0.717, 1.165) is 25.5 Å². The highest BCUT2D eigenvalue weighted by Crippen LogP contribution is 2.32. The number of nitrogens with zero attached hydrogens (tertiary/aromatic N) is 2. The monoisotopic (exact) mass is 293 g/mol. The molecule has 2 unspecified atom stereocenters. The van der Waals surface area contributed by atoms with Crippen molar-refractivity contribution < 1.29 is 9.31 Å². The number of aryl methyl sites for hydroxylation is 1. The number of hydrogen-bond acceptors (Lipinski definition) is 4. The van der Waals surface area contributed by atoms with Crippen molar-refractivity contribution in [2.45, 2.75) is 44.7 Å². The van der Waals surface area contributed by atoms with E-state index in [1.807, 2.05) is 0 Å². The second-order valence-electron chi connectivity index (χ2n) is 6.07. The first-order valence-electron chi connectivity index (χ1n) is 7.49. The number of nitro benzene ring substituents is 1. The van der Waals surface area contributed by atoms with Crippen LogP contribution in [0.1, 0.15) is 31.2 Å². The summed E-state index contributed by atoms with van der Waals surface area (Å²) in [6, 6.07) is 3.39. The normalized spacial score (nSPS) is 25.6. The molecule has 0 aliphatic carbocycles. The van der Waals surface area contributed by atoms with Crippen molar-refractivity contribution in [3.05, 3.63) is 33.6 Å². The van der Waals surface area contributed by atoms with E-state index in [1.54, 1.807) is 13.0 Å². The Labute approximate surface area is 123 Å². The summed E-state index contributed by atoms with van der Waals surface area (Å²) >= 11 is 0. The highest BCUT2D eigenvalue weighted by Gasteiger charge is 2.32. The second-order valence-corrected chi connectivity index (χ2v) is 6.07. The summed E-state index contributed by atoms with van der Waals surface area (Å²) in [6.45, 7) is 3.84. The first-order valence-corrected chi connectivity index (χ1v) is 7.49. The van der Waals surface area contributed by atoms with Crippen LogP contribution in [0.4, 0.5) is 15.8 Å². The number of piperidine rings is 1. The van der Waals surface area contributed by atoms with Gasteiger partial charge in [0.05, 0.1) is 11.0 Å². The average Bonchev–Trinajstić information content (AvgIpc) is 2.89. The molecule has 2 saturated heterocycles. The molecule has 0 bridgehead atoms. The quantitative estimate of drug-likeness (QED) is 0.687. The third-order valence-corrected chi connectivity index (χ3v) is 4.65. The van der Waals surface area contributed by atoms with Crippen molar-refractivity contribution in [2.75, 3.05) is 18.4 Å². The molecule has 0 radical (unpaired) electrons. The van der Waals surface area contributed by atoms with Gasteiger partial charge in [0, 0.05) is 18.6 Å². The molecule has 5 nitrogen and oxygen atoms in total. The van der Waals surface area contributed by atoms with Gasteiger partial charge in [-0.2, -0.15) is 0 Å². The van der Waals surface area contributed by atoms with E-state index in [4.69, 9.17) is 0 Å². The maximum Gasteiger partial charge on any atom is 0.295 e. The topological polar surface area (TPSA) is 58.4 Å². The van der Waals surface area contributed by atoms with Crippen molar-refractivity contribution in [3.8, 4) is 0 Å². The molecule has 3 rings (SSSR count). The maximum atomic E-state index is 13.5. The van der Waals surface area contributed by atoms with E-state index in [9.17, 15) is 14.5 Å². The first kappa shape index (κ1) is 14.3. The van der Waals surface area contributed by atoms with Crippen molar-refractivity contribution in [1.82, 2.24) is 4.90 Å². The minimum atomic E-state index is -0.530. The van der Waals surface area contributed by atoms with Gasteiger partial charge in [0.2, 0.25) is 0 Å². The molecule has 0 aromatic heterocycles. The van der Waals surface area contributed by atoms with Gasteiger partial charge >= 0.3 is 0 Å². The summed E-state index contributed by atoms with van der Waals surface area (Å²) in [5.41, 5.74) is 0.698. The van der Waals surface area contributed by atoms with Crippen molar-refractivity contribution >= 4 is 11.4 Å². The Morgan fingerprint density at radius 1 is 1.38 bits per heavy atom. The predicted octanol–water partition coefficient (Wildman–Crippen LogP) is 3.08. The van der Waals surface area contributed by atoms with Gasteiger partial charge in [-0.25, -0.2) is 4.39 Å². The Hall–Kier alpha value is -1.69. The summed E-state index contributed by atoms with van der Waals surface area (Å²) < 4.78 is 13.5. The number of hydrogen-bond donors (Lipinski definition) is 1. The second kappa shape index (κ2) is 5.60. The number of nitrogens with one attached hydrogen (secondary N) is 1. The molecule has 2 heterocycles. The number of benzene rings is 1. The third kappa shape index (κ3) is 2.85. The fourth-order valence-corrected chi connectivity index (χ4v) is 3.51. The van der Waals surface area contributed by atoms with Gasteiger partial charge in [0.25, 0.3) is 5.69 Å². The molecule has 0 spiro atoms. The lowest BCUT2D eigenvalue weighted by Gasteiger charge is -2.35. The van der Waals surface area contributed by atoms with E-state index in [0.29, 0.717) is 17.3 Å². The lowest BCUT2D eigenvalue weighted by Crippen LogP contribution is -2.42. The van der Waals surface area contributed by atoms with Crippen LogP contribution in [0.3, 0.4) is 0 Å². The molecular formula is C15H20FN3O2. The highest BCUT2D eigenvalue weighted by molar-refractivity contribution is 5.63. The molecule has 21 heavy (non-hydrogen) atoms. The zero-order chi connectivity index (χ0) is 15.0. The number of anilines is 1. The van der Waals surface area contributed by atoms with Gasteiger partial charge in [-0.15, -0.1) is 0 Å². The summed E-state index contributed by atoms with van der Waals surface area (Å²) in [6.07, 6.45) is 4.44. The molecule has 2 aliphatic rings. The molecule has 1 N–H and O–H groups in total. The Bertz CT molecular complexity index is 564. The van der Waals surface area contributed by atoms with Crippen LogP contribution in [0, 0.1) is 22.9 Å². The number of nitro groups is 1. The van der Waals surface area contributed by atoms with E-state index in [1.165, 1.54) is 19.4 Å². The van der Waals surface area contributed by atoms with Crippen LogP contribution < -0.4 is 5.32 Å². The molecule has 2 aliphatic heterocycles. The van der Waals surface area contributed by atoms with Crippen LogP contribution in [0.2, 0.25) is 0 Å². The summed E-state index contributed by atoms with van der Waals surface area (Å²) in [5, 5.41) is 14.4. The van der Waals surface area contributed by atoms with Gasteiger partial charge in [0.1, 0.15) is 11.5 Å². The van der Waals surface area contributed by atoms with E-state index in [2.05, 4.69) is 10.2 Å². The SMILES string of the molecule is Cc1cc(NC2CCN3CCCC3C2)c([N+](=O)[O-])cc1F. The third-order valence-electron chi connectivity index (χ3n) is 4.65. The van der Waals surface area contributed by atoms with Gasteiger partial charge in [-0.05, 0) is 50.8 Å². The molecule has 2 atom stereocenters. The van der Waals surface area contributed by atoms with Crippen LogP contribution in [-0.4, -0.2) is 35.0 Å². The van der Waals surface area contributed by atoms with Crippen molar-refractivity contribution in [3.63, 3.8) is 0 Å². The average molecular weight is 293 g/mol. The molecule has 114 valence electrons. The minimum Gasteiger partial charge on any atom is -0.377 e. The number of halogens is 1. The smallest absolute Gasteiger partial charge is 0.295 e. The van der Waals surface area contributed by atoms with Crippen LogP contribution in [-0.2, 0) is 0 Å². The molecule has 1 aromatic carbocycles. The van der Waals surface area contributed by atoms with Gasteiger partial charge in [0.15, 0.2) is 0 Å². The van der Waals surface area contributed by atoms with Crippen LogP contribution >= 0.6 is 0 Å².